The van der Waals surface area contributed by atoms with Gasteiger partial charge in [-0.05, 0) is 35.0 Å². The van der Waals surface area contributed by atoms with Crippen LogP contribution in [0.25, 0.3) is 0 Å². The van der Waals surface area contributed by atoms with E-state index in [0.29, 0.717) is 11.7 Å². The number of rotatable bonds is 6. The molecule has 0 aliphatic rings. The van der Waals surface area contributed by atoms with Crippen molar-refractivity contribution < 1.29 is 5.11 Å². The van der Waals surface area contributed by atoms with Gasteiger partial charge >= 0.3 is 0 Å². The second kappa shape index (κ2) is 6.81. The molecular formula is C12H21BrN2OS. The third kappa shape index (κ3) is 4.30. The summed E-state index contributed by atoms with van der Waals surface area (Å²) in [6, 6.07) is 0. The zero-order chi connectivity index (χ0) is 13.0. The lowest BCUT2D eigenvalue weighted by Gasteiger charge is -2.13. The first-order valence-electron chi connectivity index (χ1n) is 5.97. The van der Waals surface area contributed by atoms with Crippen LogP contribution in [0, 0.1) is 6.92 Å². The number of hydrogen-bond donors (Lipinski definition) is 1. The molecule has 0 saturated heterocycles. The zero-order valence-electron chi connectivity index (χ0n) is 10.9. The molecule has 1 rings (SSSR count). The van der Waals surface area contributed by atoms with E-state index in [1.807, 2.05) is 11.6 Å². The van der Waals surface area contributed by atoms with E-state index in [9.17, 15) is 5.11 Å². The van der Waals surface area contributed by atoms with Gasteiger partial charge in [0, 0.05) is 18.7 Å². The lowest BCUT2D eigenvalue weighted by atomic mass is 10.2. The molecule has 0 fully saturated rings. The summed E-state index contributed by atoms with van der Waals surface area (Å²) < 4.78 is 3.00. The normalized spacial score (nSPS) is 13.4. The average Bonchev–Trinajstić information content (AvgIpc) is 2.54. The van der Waals surface area contributed by atoms with Gasteiger partial charge in [-0.3, -0.25) is 4.68 Å². The Hall–Kier alpha value is -0.0000000000000000555. The molecule has 0 radical (unpaired) electrons. The summed E-state index contributed by atoms with van der Waals surface area (Å²) in [6.07, 6.45) is 0.356. The largest absolute Gasteiger partial charge is 0.392 e. The van der Waals surface area contributed by atoms with Crippen LogP contribution >= 0.6 is 27.7 Å². The minimum atomic E-state index is -0.305. The summed E-state index contributed by atoms with van der Waals surface area (Å²) in [4.78, 5) is 0. The quantitative estimate of drug-likeness (QED) is 0.875. The molecule has 1 N–H and O–H groups in total. The van der Waals surface area contributed by atoms with Gasteiger partial charge in [0.05, 0.1) is 22.0 Å². The molecule has 1 aromatic heterocycles. The molecule has 0 amide bonds. The highest BCUT2D eigenvalue weighted by molar-refractivity contribution is 9.10. The number of thioether (sulfide) groups is 1. The van der Waals surface area contributed by atoms with Gasteiger partial charge in [0.15, 0.2) is 0 Å². The molecule has 1 unspecified atom stereocenters. The lowest BCUT2D eigenvalue weighted by molar-refractivity contribution is 0.196. The van der Waals surface area contributed by atoms with Crippen molar-refractivity contribution in [1.82, 2.24) is 9.78 Å². The molecule has 0 saturated carbocycles. The lowest BCUT2D eigenvalue weighted by Crippen LogP contribution is -2.18. The predicted molar refractivity (Wildman–Crippen MR) is 77.6 cm³/mol. The maximum Gasteiger partial charge on any atom is 0.0738 e. The highest BCUT2D eigenvalue weighted by atomic mass is 79.9. The summed E-state index contributed by atoms with van der Waals surface area (Å²) in [5.41, 5.74) is 2.09. The summed E-state index contributed by atoms with van der Waals surface area (Å²) in [5.74, 6) is 0.776. The highest BCUT2D eigenvalue weighted by Crippen LogP contribution is 2.23. The molecule has 0 aliphatic heterocycles. The zero-order valence-corrected chi connectivity index (χ0v) is 13.3. The van der Waals surface area contributed by atoms with Crippen LogP contribution < -0.4 is 0 Å². The van der Waals surface area contributed by atoms with Gasteiger partial charge < -0.3 is 5.11 Å². The number of aromatic nitrogens is 2. The Balaban J connectivity index is 2.67. The Morgan fingerprint density at radius 2 is 2.12 bits per heavy atom. The number of aliphatic hydroxyl groups excluding tert-OH is 1. The summed E-state index contributed by atoms with van der Waals surface area (Å²) in [5, 5.41) is 15.0. The molecule has 0 aliphatic carbocycles. The van der Waals surface area contributed by atoms with Crippen molar-refractivity contribution in [3.8, 4) is 0 Å². The van der Waals surface area contributed by atoms with Crippen molar-refractivity contribution in [2.75, 3.05) is 5.75 Å². The minimum Gasteiger partial charge on any atom is -0.392 e. The van der Waals surface area contributed by atoms with Crippen LogP contribution in [0.2, 0.25) is 0 Å². The van der Waals surface area contributed by atoms with Crippen molar-refractivity contribution >= 4 is 27.7 Å². The topological polar surface area (TPSA) is 38.0 Å². The number of aliphatic hydroxyl groups is 1. The third-order valence-corrected chi connectivity index (χ3v) is 4.78. The molecule has 5 heteroatoms. The van der Waals surface area contributed by atoms with E-state index in [0.717, 1.165) is 28.2 Å². The van der Waals surface area contributed by atoms with Crippen molar-refractivity contribution in [2.45, 2.75) is 52.0 Å². The van der Waals surface area contributed by atoms with Crippen LogP contribution in [0.5, 0.6) is 0 Å². The van der Waals surface area contributed by atoms with Gasteiger partial charge in [0.1, 0.15) is 0 Å². The minimum absolute atomic E-state index is 0.305. The van der Waals surface area contributed by atoms with Crippen molar-refractivity contribution in [3.63, 3.8) is 0 Å². The second-order valence-electron chi connectivity index (χ2n) is 4.40. The standard InChI is InChI=1S/C12H21BrN2OS/c1-5-15-11(12(13)9(4)14-15)6-10(16)7-17-8(2)3/h8,10,16H,5-7H2,1-4H3. The van der Waals surface area contributed by atoms with Gasteiger partial charge in [-0.25, -0.2) is 0 Å². The Morgan fingerprint density at radius 3 is 2.65 bits per heavy atom. The molecule has 1 heterocycles. The van der Waals surface area contributed by atoms with Crippen molar-refractivity contribution in [3.05, 3.63) is 15.9 Å². The first-order valence-corrected chi connectivity index (χ1v) is 7.81. The Labute approximate surface area is 116 Å². The molecule has 17 heavy (non-hydrogen) atoms. The fraction of sp³-hybridized carbons (Fsp3) is 0.750. The van der Waals surface area contributed by atoms with Crippen molar-refractivity contribution in [2.24, 2.45) is 0 Å². The van der Waals surface area contributed by atoms with Gasteiger partial charge in [-0.1, -0.05) is 13.8 Å². The van der Waals surface area contributed by atoms with E-state index in [4.69, 9.17) is 0 Å². The Bertz CT molecular complexity index is 366. The predicted octanol–water partition coefficient (Wildman–Crippen LogP) is 3.02. The van der Waals surface area contributed by atoms with Crippen LogP contribution in [0.1, 0.15) is 32.2 Å². The molecule has 1 aromatic rings. The average molecular weight is 321 g/mol. The van der Waals surface area contributed by atoms with Gasteiger partial charge in [0.2, 0.25) is 0 Å². The molecule has 0 aromatic carbocycles. The maximum absolute atomic E-state index is 10.0. The fourth-order valence-corrected chi connectivity index (χ4v) is 2.82. The summed E-state index contributed by atoms with van der Waals surface area (Å²) in [7, 11) is 0. The van der Waals surface area contributed by atoms with Crippen LogP contribution in [0.3, 0.4) is 0 Å². The van der Waals surface area contributed by atoms with E-state index in [2.05, 4.69) is 41.8 Å². The summed E-state index contributed by atoms with van der Waals surface area (Å²) >= 11 is 5.34. The first kappa shape index (κ1) is 15.1. The number of halogens is 1. The second-order valence-corrected chi connectivity index (χ2v) is 6.80. The van der Waals surface area contributed by atoms with E-state index in [1.165, 1.54) is 0 Å². The maximum atomic E-state index is 10.0. The van der Waals surface area contributed by atoms with Crippen LogP contribution in [-0.4, -0.2) is 32.0 Å². The Morgan fingerprint density at radius 1 is 1.47 bits per heavy atom. The smallest absolute Gasteiger partial charge is 0.0738 e. The highest BCUT2D eigenvalue weighted by Gasteiger charge is 2.16. The first-order chi connectivity index (χ1) is 7.95. The van der Waals surface area contributed by atoms with Crippen LogP contribution in [0.4, 0.5) is 0 Å². The van der Waals surface area contributed by atoms with E-state index < -0.39 is 0 Å². The van der Waals surface area contributed by atoms with Crippen LogP contribution in [-0.2, 0) is 13.0 Å². The number of hydrogen-bond acceptors (Lipinski definition) is 3. The molecule has 0 spiro atoms. The molecule has 1 atom stereocenters. The van der Waals surface area contributed by atoms with Crippen molar-refractivity contribution in [1.29, 1.82) is 0 Å². The van der Waals surface area contributed by atoms with Gasteiger partial charge in [-0.15, -0.1) is 0 Å². The number of nitrogens with zero attached hydrogens (tertiary/aromatic N) is 2. The van der Waals surface area contributed by atoms with E-state index in [1.54, 1.807) is 11.8 Å². The van der Waals surface area contributed by atoms with E-state index in [-0.39, 0.29) is 6.10 Å². The third-order valence-electron chi connectivity index (χ3n) is 2.50. The summed E-state index contributed by atoms with van der Waals surface area (Å²) in [6.45, 7) is 9.18. The van der Waals surface area contributed by atoms with Crippen LogP contribution in [0.15, 0.2) is 4.47 Å². The SMILES string of the molecule is CCn1nc(C)c(Br)c1CC(O)CSC(C)C. The molecule has 98 valence electrons. The Kier molecular flexibility index (Phi) is 6.03. The van der Waals surface area contributed by atoms with E-state index >= 15 is 0 Å². The fourth-order valence-electron chi connectivity index (χ4n) is 1.65. The molecule has 0 bridgehead atoms. The molecular weight excluding hydrogens is 300 g/mol. The number of aryl methyl sites for hydroxylation is 2. The monoisotopic (exact) mass is 320 g/mol. The molecule has 3 nitrogen and oxygen atoms in total. The van der Waals surface area contributed by atoms with Gasteiger partial charge in [0.25, 0.3) is 0 Å². The van der Waals surface area contributed by atoms with Gasteiger partial charge in [-0.2, -0.15) is 16.9 Å².